The smallest absolute Gasteiger partial charge is 0.0934 e. The molecule has 0 aromatic carbocycles. The Balaban J connectivity index is 2.34. The fourth-order valence-corrected chi connectivity index (χ4v) is 2.70. The molecule has 1 fully saturated rings. The molecule has 0 saturated carbocycles. The van der Waals surface area contributed by atoms with Gasteiger partial charge in [-0.2, -0.15) is 0 Å². The van der Waals surface area contributed by atoms with Gasteiger partial charge < -0.3 is 15.2 Å². The second-order valence-electron chi connectivity index (χ2n) is 4.71. The van der Waals surface area contributed by atoms with Crippen molar-refractivity contribution in [3.63, 3.8) is 0 Å². The quantitative estimate of drug-likeness (QED) is 0.538. The third kappa shape index (κ3) is 2.87. The number of nitrogen functional groups attached to an aromatic ring is 1. The van der Waals surface area contributed by atoms with Crippen molar-refractivity contribution >= 4 is 5.69 Å². The highest BCUT2D eigenvalue weighted by atomic mass is 16.5. The van der Waals surface area contributed by atoms with Crippen molar-refractivity contribution in [3.05, 3.63) is 24.0 Å². The average Bonchev–Trinajstić information content (AvgIpc) is 2.43. The van der Waals surface area contributed by atoms with E-state index in [1.807, 2.05) is 6.92 Å². The Bertz CT molecular complexity index is 402. The summed E-state index contributed by atoms with van der Waals surface area (Å²) in [4.78, 5) is 4.14. The number of rotatable bonds is 5. The minimum Gasteiger partial charge on any atom is -0.398 e. The number of nitrogens with zero attached hydrogens (tertiary/aromatic N) is 1. The van der Waals surface area contributed by atoms with Crippen molar-refractivity contribution in [1.82, 2.24) is 10.4 Å². The van der Waals surface area contributed by atoms with Crippen LogP contribution in [0, 0.1) is 0 Å². The van der Waals surface area contributed by atoms with E-state index >= 15 is 0 Å². The fraction of sp³-hybridized carbons (Fsp3) is 0.615. The van der Waals surface area contributed by atoms with Gasteiger partial charge in [0, 0.05) is 56.3 Å². The van der Waals surface area contributed by atoms with Gasteiger partial charge in [-0.1, -0.05) is 0 Å². The molecule has 0 aliphatic carbocycles. The molecule has 1 aromatic rings. The van der Waals surface area contributed by atoms with Crippen molar-refractivity contribution in [3.8, 4) is 0 Å². The predicted octanol–water partition coefficient (Wildman–Crippen LogP) is 0.754. The topological polar surface area (TPSA) is 95.4 Å². The third-order valence-electron chi connectivity index (χ3n) is 3.66. The summed E-state index contributed by atoms with van der Waals surface area (Å²) in [7, 11) is 0. The van der Waals surface area contributed by atoms with Gasteiger partial charge in [-0.25, -0.2) is 5.43 Å². The number of hydrazine groups is 1. The zero-order valence-corrected chi connectivity index (χ0v) is 11.3. The van der Waals surface area contributed by atoms with E-state index in [1.165, 1.54) is 0 Å². The van der Waals surface area contributed by atoms with Gasteiger partial charge in [0.15, 0.2) is 0 Å². The van der Waals surface area contributed by atoms with E-state index in [0.29, 0.717) is 25.5 Å². The molecule has 0 radical (unpaired) electrons. The Hall–Kier alpha value is -1.21. The molecular weight excluding hydrogens is 244 g/mol. The molecule has 6 nitrogen and oxygen atoms in total. The second-order valence-corrected chi connectivity index (χ2v) is 4.71. The average molecular weight is 266 g/mol. The van der Waals surface area contributed by atoms with Crippen LogP contribution in [0.4, 0.5) is 5.69 Å². The maximum atomic E-state index is 6.04. The molecule has 6 heteroatoms. The molecule has 0 bridgehead atoms. The molecule has 2 heterocycles. The number of anilines is 1. The standard InChI is InChI=1S/C13H22N4O2/c1-2-19-13(4-7-18-8-5-13)12(17-15)10-9-16-6-3-11(10)14/h3,6,9,12,17H,2,4-5,7-8,15H2,1H3,(H2,14,16). The van der Waals surface area contributed by atoms with Crippen LogP contribution in [0.5, 0.6) is 0 Å². The van der Waals surface area contributed by atoms with E-state index in [-0.39, 0.29) is 11.6 Å². The highest BCUT2D eigenvalue weighted by Gasteiger charge is 2.42. The Morgan fingerprint density at radius 3 is 2.84 bits per heavy atom. The zero-order valence-electron chi connectivity index (χ0n) is 11.3. The minimum atomic E-state index is -0.390. The van der Waals surface area contributed by atoms with E-state index in [0.717, 1.165) is 18.4 Å². The molecule has 1 aliphatic rings. The first-order valence-corrected chi connectivity index (χ1v) is 6.60. The van der Waals surface area contributed by atoms with E-state index < -0.39 is 0 Å². The van der Waals surface area contributed by atoms with Crippen LogP contribution in [0.1, 0.15) is 31.4 Å². The van der Waals surface area contributed by atoms with E-state index in [1.54, 1.807) is 18.5 Å². The van der Waals surface area contributed by atoms with Gasteiger partial charge in [-0.15, -0.1) is 0 Å². The Kier molecular flexibility index (Phi) is 4.71. The van der Waals surface area contributed by atoms with Crippen molar-refractivity contribution < 1.29 is 9.47 Å². The van der Waals surface area contributed by atoms with Gasteiger partial charge >= 0.3 is 0 Å². The van der Waals surface area contributed by atoms with Crippen molar-refractivity contribution in [2.75, 3.05) is 25.6 Å². The minimum absolute atomic E-state index is 0.190. The maximum absolute atomic E-state index is 6.04. The monoisotopic (exact) mass is 266 g/mol. The lowest BCUT2D eigenvalue weighted by molar-refractivity contribution is -0.128. The number of pyridine rings is 1. The molecule has 1 aromatic heterocycles. The van der Waals surface area contributed by atoms with E-state index in [2.05, 4.69) is 10.4 Å². The zero-order chi connectivity index (χ0) is 13.7. The van der Waals surface area contributed by atoms with Gasteiger partial charge in [-0.3, -0.25) is 10.8 Å². The molecular formula is C13H22N4O2. The molecule has 5 N–H and O–H groups in total. The van der Waals surface area contributed by atoms with Crippen LogP contribution in [0.2, 0.25) is 0 Å². The first kappa shape index (κ1) is 14.2. The lowest BCUT2D eigenvalue weighted by Crippen LogP contribution is -2.52. The number of aromatic nitrogens is 1. The van der Waals surface area contributed by atoms with Gasteiger partial charge in [0.1, 0.15) is 0 Å². The third-order valence-corrected chi connectivity index (χ3v) is 3.66. The highest BCUT2D eigenvalue weighted by Crippen LogP contribution is 2.38. The van der Waals surface area contributed by atoms with E-state index in [9.17, 15) is 0 Å². The second kappa shape index (κ2) is 6.29. The normalized spacial score (nSPS) is 20.1. The Morgan fingerprint density at radius 2 is 2.26 bits per heavy atom. The highest BCUT2D eigenvalue weighted by molar-refractivity contribution is 5.47. The SMILES string of the molecule is CCOC1(C(NN)c2cnccc2N)CCOCC1. The lowest BCUT2D eigenvalue weighted by Gasteiger charge is -2.43. The van der Waals surface area contributed by atoms with E-state index in [4.69, 9.17) is 21.1 Å². The predicted molar refractivity (Wildman–Crippen MR) is 73.1 cm³/mol. The van der Waals surface area contributed by atoms with Crippen LogP contribution in [-0.2, 0) is 9.47 Å². The molecule has 2 rings (SSSR count). The molecule has 19 heavy (non-hydrogen) atoms. The van der Waals surface area contributed by atoms with Gasteiger partial charge in [0.25, 0.3) is 0 Å². The fourth-order valence-electron chi connectivity index (χ4n) is 2.70. The van der Waals surface area contributed by atoms with Crippen molar-refractivity contribution in [2.45, 2.75) is 31.4 Å². The van der Waals surface area contributed by atoms with Crippen LogP contribution in [-0.4, -0.2) is 30.4 Å². The summed E-state index contributed by atoms with van der Waals surface area (Å²) in [5, 5.41) is 0. The van der Waals surface area contributed by atoms with Crippen LogP contribution in [0.3, 0.4) is 0 Å². The first-order chi connectivity index (χ1) is 9.23. The van der Waals surface area contributed by atoms with Crippen LogP contribution < -0.4 is 17.0 Å². The van der Waals surface area contributed by atoms with Gasteiger partial charge in [-0.05, 0) is 13.0 Å². The molecule has 0 spiro atoms. The molecule has 1 unspecified atom stereocenters. The Labute approximate surface area is 113 Å². The molecule has 0 amide bonds. The van der Waals surface area contributed by atoms with Crippen LogP contribution in [0.15, 0.2) is 18.5 Å². The lowest BCUT2D eigenvalue weighted by atomic mass is 9.82. The summed E-state index contributed by atoms with van der Waals surface area (Å²) in [5.74, 6) is 5.77. The van der Waals surface area contributed by atoms with Gasteiger partial charge in [0.2, 0.25) is 0 Å². The van der Waals surface area contributed by atoms with Crippen molar-refractivity contribution in [2.24, 2.45) is 5.84 Å². The number of nitrogens with one attached hydrogen (secondary N) is 1. The van der Waals surface area contributed by atoms with Crippen molar-refractivity contribution in [1.29, 1.82) is 0 Å². The summed E-state index contributed by atoms with van der Waals surface area (Å²) < 4.78 is 11.5. The summed E-state index contributed by atoms with van der Waals surface area (Å²) in [6.07, 6.45) is 4.98. The number of nitrogens with two attached hydrogens (primary N) is 2. The van der Waals surface area contributed by atoms with Crippen LogP contribution >= 0.6 is 0 Å². The van der Waals surface area contributed by atoms with Crippen LogP contribution in [0.25, 0.3) is 0 Å². The molecule has 1 aliphatic heterocycles. The number of hydrogen-bond acceptors (Lipinski definition) is 6. The molecule has 1 saturated heterocycles. The van der Waals surface area contributed by atoms with Gasteiger partial charge in [0.05, 0.1) is 11.6 Å². The maximum Gasteiger partial charge on any atom is 0.0934 e. The summed E-state index contributed by atoms with van der Waals surface area (Å²) in [5.41, 5.74) is 10.0. The first-order valence-electron chi connectivity index (χ1n) is 6.60. The Morgan fingerprint density at radius 1 is 1.53 bits per heavy atom. The summed E-state index contributed by atoms with van der Waals surface area (Å²) in [6, 6.07) is 1.59. The number of ether oxygens (including phenoxy) is 2. The molecule has 106 valence electrons. The molecule has 1 atom stereocenters. The summed E-state index contributed by atoms with van der Waals surface area (Å²) in [6.45, 7) is 3.94. The number of hydrogen-bond donors (Lipinski definition) is 3. The summed E-state index contributed by atoms with van der Waals surface area (Å²) >= 11 is 0. The largest absolute Gasteiger partial charge is 0.398 e.